The van der Waals surface area contributed by atoms with E-state index in [1.54, 1.807) is 19.1 Å². The number of anilines is 2. The van der Waals surface area contributed by atoms with Gasteiger partial charge in [-0.15, -0.1) is 0 Å². The number of benzene rings is 3. The highest BCUT2D eigenvalue weighted by Crippen LogP contribution is 2.31. The molecule has 0 unspecified atom stereocenters. The Morgan fingerprint density at radius 1 is 1.03 bits per heavy atom. The second kappa shape index (κ2) is 8.73. The lowest BCUT2D eigenvalue weighted by atomic mass is 10.1. The van der Waals surface area contributed by atoms with Crippen LogP contribution in [0, 0.1) is 12.7 Å². The summed E-state index contributed by atoms with van der Waals surface area (Å²) < 4.78 is 46.5. The van der Waals surface area contributed by atoms with Gasteiger partial charge in [-0.05, 0) is 48.9 Å². The van der Waals surface area contributed by atoms with Crippen LogP contribution in [0.1, 0.15) is 15.9 Å². The molecule has 3 aromatic rings. The maximum absolute atomic E-state index is 13.8. The Balaban J connectivity index is 1.87. The lowest BCUT2D eigenvalue weighted by Gasteiger charge is -2.13. The molecule has 0 atom stereocenters. The Hall–Kier alpha value is -3.10. The fourth-order valence-electron chi connectivity index (χ4n) is 2.68. The van der Waals surface area contributed by atoms with E-state index in [1.165, 1.54) is 49.6 Å². The minimum absolute atomic E-state index is 0.0982. The van der Waals surface area contributed by atoms with E-state index in [0.717, 1.165) is 11.6 Å². The van der Waals surface area contributed by atoms with Crippen molar-refractivity contribution in [1.29, 1.82) is 0 Å². The summed E-state index contributed by atoms with van der Waals surface area (Å²) in [6, 6.07) is 14.0. The number of carbonyl (C=O) groups excluding carboxylic acids is 1. The highest BCUT2D eigenvalue weighted by atomic mass is 35.5. The van der Waals surface area contributed by atoms with Crippen LogP contribution in [0.15, 0.2) is 65.6 Å². The SMILES string of the molecule is COc1cc(Cl)c(C)cc1NC(=O)c1cccc(S(=O)(=O)Nc2ccccc2F)c1. The van der Waals surface area contributed by atoms with E-state index in [0.29, 0.717) is 16.5 Å². The zero-order valence-corrected chi connectivity index (χ0v) is 17.6. The number of methoxy groups -OCH3 is 1. The van der Waals surface area contributed by atoms with E-state index >= 15 is 0 Å². The van der Waals surface area contributed by atoms with Gasteiger partial charge in [0, 0.05) is 16.7 Å². The Bertz CT molecular complexity index is 1220. The summed E-state index contributed by atoms with van der Waals surface area (Å²) in [5.74, 6) is -0.887. The number of carbonyl (C=O) groups is 1. The normalized spacial score (nSPS) is 11.1. The second-order valence-corrected chi connectivity index (χ2v) is 8.46. The van der Waals surface area contributed by atoms with Crippen molar-refractivity contribution in [3.8, 4) is 5.75 Å². The summed E-state index contributed by atoms with van der Waals surface area (Å²) >= 11 is 6.07. The molecule has 0 fully saturated rings. The smallest absolute Gasteiger partial charge is 0.262 e. The lowest BCUT2D eigenvalue weighted by Crippen LogP contribution is -2.16. The van der Waals surface area contributed by atoms with Crippen molar-refractivity contribution >= 4 is 38.9 Å². The van der Waals surface area contributed by atoms with Gasteiger partial charge in [-0.25, -0.2) is 12.8 Å². The molecule has 3 aromatic carbocycles. The summed E-state index contributed by atoms with van der Waals surface area (Å²) in [6.45, 7) is 1.78. The highest BCUT2D eigenvalue weighted by molar-refractivity contribution is 7.92. The molecule has 0 heterocycles. The minimum atomic E-state index is -4.10. The molecule has 3 rings (SSSR count). The van der Waals surface area contributed by atoms with Crippen molar-refractivity contribution in [2.75, 3.05) is 17.1 Å². The van der Waals surface area contributed by atoms with Gasteiger partial charge >= 0.3 is 0 Å². The summed E-state index contributed by atoms with van der Waals surface area (Å²) in [5, 5.41) is 3.17. The third kappa shape index (κ3) is 4.72. The van der Waals surface area contributed by atoms with Crippen LogP contribution in [-0.4, -0.2) is 21.4 Å². The number of aryl methyl sites for hydroxylation is 1. The van der Waals surface area contributed by atoms with Crippen molar-refractivity contribution in [1.82, 2.24) is 0 Å². The molecule has 9 heteroatoms. The number of nitrogens with one attached hydrogen (secondary N) is 2. The predicted octanol–water partition coefficient (Wildman–Crippen LogP) is 4.85. The molecule has 156 valence electrons. The number of ether oxygens (including phenoxy) is 1. The zero-order chi connectivity index (χ0) is 21.9. The Morgan fingerprint density at radius 2 is 1.77 bits per heavy atom. The van der Waals surface area contributed by atoms with Gasteiger partial charge in [0.05, 0.1) is 23.4 Å². The van der Waals surface area contributed by atoms with Crippen molar-refractivity contribution < 1.29 is 22.3 Å². The van der Waals surface area contributed by atoms with E-state index in [9.17, 15) is 17.6 Å². The monoisotopic (exact) mass is 448 g/mol. The quantitative estimate of drug-likeness (QED) is 0.564. The summed E-state index contributed by atoms with van der Waals surface area (Å²) in [5.41, 5.74) is 1.04. The van der Waals surface area contributed by atoms with Gasteiger partial charge < -0.3 is 10.1 Å². The van der Waals surface area contributed by atoms with Crippen LogP contribution < -0.4 is 14.8 Å². The van der Waals surface area contributed by atoms with Gasteiger partial charge in [0.2, 0.25) is 0 Å². The molecular formula is C21H18ClFN2O4S. The van der Waals surface area contributed by atoms with E-state index in [1.807, 2.05) is 0 Å². The number of sulfonamides is 1. The molecule has 0 saturated heterocycles. The average Bonchev–Trinajstić information content (AvgIpc) is 2.72. The molecule has 0 spiro atoms. The van der Waals surface area contributed by atoms with Crippen LogP contribution in [0.3, 0.4) is 0 Å². The van der Waals surface area contributed by atoms with E-state index in [2.05, 4.69) is 10.0 Å². The lowest BCUT2D eigenvalue weighted by molar-refractivity contribution is 0.102. The van der Waals surface area contributed by atoms with Crippen LogP contribution in [0.2, 0.25) is 5.02 Å². The summed E-state index contributed by atoms with van der Waals surface area (Å²) in [6.07, 6.45) is 0. The Labute approximate surface area is 178 Å². The number of amides is 1. The van der Waals surface area contributed by atoms with Crippen LogP contribution in [0.25, 0.3) is 0 Å². The van der Waals surface area contributed by atoms with Crippen LogP contribution in [0.5, 0.6) is 5.75 Å². The molecule has 30 heavy (non-hydrogen) atoms. The molecule has 0 bridgehead atoms. The standard InChI is InChI=1S/C21H18ClFN2O4S/c1-13-10-19(20(29-2)12-16(13)22)24-21(26)14-6-5-7-15(11-14)30(27,28)25-18-9-4-3-8-17(18)23/h3-12,25H,1-2H3,(H,24,26). The predicted molar refractivity (Wildman–Crippen MR) is 114 cm³/mol. The first-order valence-corrected chi connectivity index (χ1v) is 10.6. The summed E-state index contributed by atoms with van der Waals surface area (Å²) in [4.78, 5) is 12.5. The van der Waals surface area contributed by atoms with Crippen LogP contribution >= 0.6 is 11.6 Å². The molecular weight excluding hydrogens is 431 g/mol. The molecule has 1 amide bonds. The third-order valence-corrected chi connectivity index (χ3v) is 6.02. The fraction of sp³-hybridized carbons (Fsp3) is 0.0952. The Kier molecular flexibility index (Phi) is 6.28. The van der Waals surface area contributed by atoms with Crippen molar-refractivity contribution in [3.05, 3.63) is 82.6 Å². The zero-order valence-electron chi connectivity index (χ0n) is 16.1. The third-order valence-electron chi connectivity index (χ3n) is 4.25. The van der Waals surface area contributed by atoms with Gasteiger partial charge in [0.1, 0.15) is 11.6 Å². The van der Waals surface area contributed by atoms with Gasteiger partial charge in [-0.3, -0.25) is 9.52 Å². The topological polar surface area (TPSA) is 84.5 Å². The summed E-state index contributed by atoms with van der Waals surface area (Å²) in [7, 11) is -2.66. The van der Waals surface area contributed by atoms with Crippen molar-refractivity contribution in [2.45, 2.75) is 11.8 Å². The first-order valence-electron chi connectivity index (χ1n) is 8.74. The molecule has 0 aliphatic heterocycles. The second-order valence-electron chi connectivity index (χ2n) is 6.37. The van der Waals surface area contributed by atoms with Crippen LogP contribution in [-0.2, 0) is 10.0 Å². The first-order chi connectivity index (χ1) is 14.2. The fourth-order valence-corrected chi connectivity index (χ4v) is 3.94. The van der Waals surface area contributed by atoms with E-state index in [4.69, 9.17) is 16.3 Å². The molecule has 0 saturated carbocycles. The molecule has 6 nitrogen and oxygen atoms in total. The number of halogens is 2. The van der Waals surface area contributed by atoms with Crippen molar-refractivity contribution in [2.24, 2.45) is 0 Å². The maximum atomic E-state index is 13.8. The van der Waals surface area contributed by atoms with Crippen LogP contribution in [0.4, 0.5) is 15.8 Å². The van der Waals surface area contributed by atoms with Gasteiger partial charge in [-0.1, -0.05) is 29.8 Å². The largest absolute Gasteiger partial charge is 0.495 e. The van der Waals surface area contributed by atoms with Gasteiger partial charge in [-0.2, -0.15) is 0 Å². The number of para-hydroxylation sites is 1. The maximum Gasteiger partial charge on any atom is 0.262 e. The van der Waals surface area contributed by atoms with Gasteiger partial charge in [0.15, 0.2) is 0 Å². The van der Waals surface area contributed by atoms with E-state index < -0.39 is 21.7 Å². The molecule has 2 N–H and O–H groups in total. The van der Waals surface area contributed by atoms with Crippen molar-refractivity contribution in [3.63, 3.8) is 0 Å². The highest BCUT2D eigenvalue weighted by Gasteiger charge is 2.19. The Morgan fingerprint density at radius 3 is 2.47 bits per heavy atom. The minimum Gasteiger partial charge on any atom is -0.495 e. The number of hydrogen-bond donors (Lipinski definition) is 2. The molecule has 0 aliphatic carbocycles. The molecule has 0 aromatic heterocycles. The number of hydrogen-bond acceptors (Lipinski definition) is 4. The molecule has 0 radical (unpaired) electrons. The molecule has 0 aliphatic rings. The average molecular weight is 449 g/mol. The van der Waals surface area contributed by atoms with E-state index in [-0.39, 0.29) is 16.1 Å². The first kappa shape index (κ1) is 21.6. The van der Waals surface area contributed by atoms with Gasteiger partial charge in [0.25, 0.3) is 15.9 Å². The number of rotatable bonds is 6.